The molecule has 1 amide bonds. The average molecular weight is 409 g/mol. The minimum Gasteiger partial charge on any atom is -0.493 e. The second-order valence-corrected chi connectivity index (χ2v) is 6.29. The number of aromatic nitrogens is 2. The summed E-state index contributed by atoms with van der Waals surface area (Å²) in [5.74, 6) is -0.465. The summed E-state index contributed by atoms with van der Waals surface area (Å²) in [6.45, 7) is 3.80. The highest BCUT2D eigenvalue weighted by Crippen LogP contribution is 2.24. The summed E-state index contributed by atoms with van der Waals surface area (Å²) in [4.78, 5) is 25.1. The summed E-state index contributed by atoms with van der Waals surface area (Å²) < 4.78 is 17.6. The van der Waals surface area contributed by atoms with Gasteiger partial charge in [-0.05, 0) is 38.1 Å². The molecule has 0 bridgehead atoms. The van der Waals surface area contributed by atoms with Crippen molar-refractivity contribution in [3.8, 4) is 17.2 Å². The molecule has 0 aliphatic carbocycles. The second-order valence-electron chi connectivity index (χ2n) is 6.29. The van der Waals surface area contributed by atoms with Gasteiger partial charge in [0.15, 0.2) is 11.9 Å². The lowest BCUT2D eigenvalue weighted by Crippen LogP contribution is -2.30. The van der Waals surface area contributed by atoms with Crippen molar-refractivity contribution in [3.05, 3.63) is 66.5 Å². The smallest absolute Gasteiger partial charge is 0.363 e. The van der Waals surface area contributed by atoms with Gasteiger partial charge in [-0.3, -0.25) is 4.79 Å². The third-order valence-electron chi connectivity index (χ3n) is 4.21. The van der Waals surface area contributed by atoms with E-state index in [-0.39, 0.29) is 11.4 Å². The number of amides is 1. The summed E-state index contributed by atoms with van der Waals surface area (Å²) in [6, 6.07) is 16.3. The molecule has 1 N–H and O–H groups in total. The first kappa shape index (κ1) is 20.9. The Balaban J connectivity index is 1.71. The molecule has 8 heteroatoms. The number of hydrogen-bond donors (Lipinski definition) is 1. The molecule has 156 valence electrons. The zero-order valence-electron chi connectivity index (χ0n) is 17.0. The average Bonchev–Trinajstić information content (AvgIpc) is 3.20. The summed E-state index contributed by atoms with van der Waals surface area (Å²) in [6.07, 6.45) is 0.522. The maximum atomic E-state index is 12.6. The minimum atomic E-state index is -1.06. The van der Waals surface area contributed by atoms with Crippen molar-refractivity contribution in [3.63, 3.8) is 0 Å². The molecule has 1 atom stereocenters. The van der Waals surface area contributed by atoms with Crippen LogP contribution in [-0.2, 0) is 9.53 Å². The maximum Gasteiger partial charge on any atom is 0.363 e. The normalized spacial score (nSPS) is 11.4. The standard InChI is InChI=1S/C22H23N3O5/c1-4-29-18-13-9-8-12-17(18)23-21(26)15(2)30-22(27)20-19(28-3)14-25(24-20)16-10-6-5-7-11-16/h5-15H,4H2,1-3H3,(H,23,26)/t15-/m1/s1. The predicted octanol–water partition coefficient (Wildman–Crippen LogP) is 3.46. The van der Waals surface area contributed by atoms with E-state index in [0.29, 0.717) is 18.0 Å². The van der Waals surface area contributed by atoms with Crippen molar-refractivity contribution in [1.29, 1.82) is 0 Å². The number of rotatable bonds is 8. The Morgan fingerprint density at radius 2 is 1.77 bits per heavy atom. The van der Waals surface area contributed by atoms with Crippen LogP contribution in [0, 0.1) is 0 Å². The molecule has 1 aromatic heterocycles. The maximum absolute atomic E-state index is 12.6. The number of ether oxygens (including phenoxy) is 3. The monoisotopic (exact) mass is 409 g/mol. The number of hydrogen-bond acceptors (Lipinski definition) is 6. The highest BCUT2D eigenvalue weighted by atomic mass is 16.6. The van der Waals surface area contributed by atoms with Crippen molar-refractivity contribution < 1.29 is 23.8 Å². The summed E-state index contributed by atoms with van der Waals surface area (Å²) >= 11 is 0. The van der Waals surface area contributed by atoms with Crippen LogP contribution in [0.4, 0.5) is 5.69 Å². The lowest BCUT2D eigenvalue weighted by molar-refractivity contribution is -0.123. The zero-order chi connectivity index (χ0) is 21.5. The largest absolute Gasteiger partial charge is 0.493 e. The highest BCUT2D eigenvalue weighted by Gasteiger charge is 2.25. The molecular weight excluding hydrogens is 386 g/mol. The van der Waals surface area contributed by atoms with Gasteiger partial charge in [-0.2, -0.15) is 5.10 Å². The molecule has 0 saturated carbocycles. The van der Waals surface area contributed by atoms with Gasteiger partial charge >= 0.3 is 5.97 Å². The number of esters is 1. The number of nitrogens with zero attached hydrogens (tertiary/aromatic N) is 2. The van der Waals surface area contributed by atoms with Crippen LogP contribution in [0.25, 0.3) is 5.69 Å². The molecule has 3 rings (SSSR count). The fourth-order valence-electron chi connectivity index (χ4n) is 2.72. The molecule has 8 nitrogen and oxygen atoms in total. The Morgan fingerprint density at radius 3 is 2.47 bits per heavy atom. The van der Waals surface area contributed by atoms with Gasteiger partial charge in [0.2, 0.25) is 5.69 Å². The summed E-state index contributed by atoms with van der Waals surface area (Å²) in [7, 11) is 1.43. The molecule has 0 fully saturated rings. The first-order chi connectivity index (χ1) is 14.5. The van der Waals surface area contributed by atoms with E-state index in [1.54, 1.807) is 30.5 Å². The number of para-hydroxylation sites is 3. The van der Waals surface area contributed by atoms with Gasteiger partial charge in [0, 0.05) is 0 Å². The Morgan fingerprint density at radius 1 is 1.07 bits per heavy atom. The molecule has 0 saturated heterocycles. The first-order valence-electron chi connectivity index (χ1n) is 9.46. The van der Waals surface area contributed by atoms with Crippen LogP contribution in [-0.4, -0.2) is 41.5 Å². The van der Waals surface area contributed by atoms with E-state index in [1.165, 1.54) is 18.7 Å². The van der Waals surface area contributed by atoms with Gasteiger partial charge < -0.3 is 19.5 Å². The van der Waals surface area contributed by atoms with Crippen LogP contribution >= 0.6 is 0 Å². The van der Waals surface area contributed by atoms with Gasteiger partial charge in [0.05, 0.1) is 31.3 Å². The van der Waals surface area contributed by atoms with E-state index >= 15 is 0 Å². The van der Waals surface area contributed by atoms with E-state index in [9.17, 15) is 9.59 Å². The van der Waals surface area contributed by atoms with Gasteiger partial charge in [-0.1, -0.05) is 30.3 Å². The molecule has 0 radical (unpaired) electrons. The fourth-order valence-corrected chi connectivity index (χ4v) is 2.72. The van der Waals surface area contributed by atoms with E-state index in [0.717, 1.165) is 5.69 Å². The van der Waals surface area contributed by atoms with E-state index in [1.807, 2.05) is 37.3 Å². The number of anilines is 1. The SMILES string of the molecule is CCOc1ccccc1NC(=O)[C@@H](C)OC(=O)c1nn(-c2ccccc2)cc1OC. The number of nitrogens with one attached hydrogen (secondary N) is 1. The summed E-state index contributed by atoms with van der Waals surface area (Å²) in [5, 5.41) is 6.97. The Bertz CT molecular complexity index is 1020. The minimum absolute atomic E-state index is 0.0179. The van der Waals surface area contributed by atoms with Crippen molar-refractivity contribution >= 4 is 17.6 Å². The molecule has 0 unspecified atom stereocenters. The molecule has 0 aliphatic rings. The van der Waals surface area contributed by atoms with E-state index in [4.69, 9.17) is 14.2 Å². The molecule has 1 heterocycles. The molecule has 0 aliphatic heterocycles. The quantitative estimate of drug-likeness (QED) is 0.573. The second kappa shape index (κ2) is 9.60. The third-order valence-corrected chi connectivity index (χ3v) is 4.21. The first-order valence-corrected chi connectivity index (χ1v) is 9.46. The van der Waals surface area contributed by atoms with E-state index < -0.39 is 18.0 Å². The topological polar surface area (TPSA) is 91.7 Å². The van der Waals surface area contributed by atoms with Crippen LogP contribution < -0.4 is 14.8 Å². The third kappa shape index (κ3) is 4.78. The van der Waals surface area contributed by atoms with Crippen LogP contribution in [0.3, 0.4) is 0 Å². The van der Waals surface area contributed by atoms with E-state index in [2.05, 4.69) is 10.4 Å². The van der Waals surface area contributed by atoms with Gasteiger partial charge in [0.1, 0.15) is 5.75 Å². The molecule has 30 heavy (non-hydrogen) atoms. The van der Waals surface area contributed by atoms with Crippen LogP contribution in [0.1, 0.15) is 24.3 Å². The highest BCUT2D eigenvalue weighted by molar-refractivity contribution is 5.98. The molecule has 0 spiro atoms. The fraction of sp³-hybridized carbons (Fsp3) is 0.227. The Labute approximate surface area is 174 Å². The predicted molar refractivity (Wildman–Crippen MR) is 111 cm³/mol. The Kier molecular flexibility index (Phi) is 6.69. The van der Waals surface area contributed by atoms with Crippen LogP contribution in [0.15, 0.2) is 60.8 Å². The van der Waals surface area contributed by atoms with Crippen molar-refractivity contribution in [2.75, 3.05) is 19.0 Å². The number of carbonyl (C=O) groups is 2. The van der Waals surface area contributed by atoms with Crippen LogP contribution in [0.5, 0.6) is 11.5 Å². The molecule has 2 aromatic carbocycles. The molecular formula is C22H23N3O5. The Hall–Kier alpha value is -3.81. The lowest BCUT2D eigenvalue weighted by atomic mass is 10.2. The van der Waals surface area contributed by atoms with Crippen molar-refractivity contribution in [1.82, 2.24) is 9.78 Å². The van der Waals surface area contributed by atoms with Gasteiger partial charge in [-0.25, -0.2) is 9.48 Å². The van der Waals surface area contributed by atoms with Crippen LogP contribution in [0.2, 0.25) is 0 Å². The van der Waals surface area contributed by atoms with Crippen molar-refractivity contribution in [2.45, 2.75) is 20.0 Å². The van der Waals surface area contributed by atoms with Gasteiger partial charge in [-0.15, -0.1) is 0 Å². The lowest BCUT2D eigenvalue weighted by Gasteiger charge is -2.15. The van der Waals surface area contributed by atoms with Crippen molar-refractivity contribution in [2.24, 2.45) is 0 Å². The number of methoxy groups -OCH3 is 1. The zero-order valence-corrected chi connectivity index (χ0v) is 17.0. The number of carbonyl (C=O) groups excluding carboxylic acids is 2. The number of benzene rings is 2. The molecule has 3 aromatic rings. The van der Waals surface area contributed by atoms with Gasteiger partial charge in [0.25, 0.3) is 5.91 Å². The summed E-state index contributed by atoms with van der Waals surface area (Å²) in [5.41, 5.74) is 1.24.